The molecule has 258 valence electrons. The van der Waals surface area contributed by atoms with Crippen LogP contribution in [0.25, 0.3) is 82.5 Å². The molecule has 0 radical (unpaired) electrons. The Morgan fingerprint density at radius 3 is 1.67 bits per heavy atom. The van der Waals surface area contributed by atoms with Crippen molar-refractivity contribution < 1.29 is 4.42 Å². The van der Waals surface area contributed by atoms with E-state index in [9.17, 15) is 0 Å². The lowest BCUT2D eigenvalue weighted by Crippen LogP contribution is -2.09. The number of nitrogens with zero attached hydrogens (tertiary/aromatic N) is 2. The van der Waals surface area contributed by atoms with Crippen molar-refractivity contribution in [2.75, 3.05) is 4.90 Å². The number of para-hydroxylation sites is 4. The summed E-state index contributed by atoms with van der Waals surface area (Å²) in [6.07, 6.45) is 0. The van der Waals surface area contributed by atoms with Crippen LogP contribution in [0.2, 0.25) is 0 Å². The largest absolute Gasteiger partial charge is 0.455 e. The highest BCUT2D eigenvalue weighted by Gasteiger charge is 2.17. The minimum atomic E-state index is 0.910. The SMILES string of the molecule is c1ccc(N(c2ccc(-c3ccc(-n4c5ccccc5c5cc6ccccc6cc54)cc3)cc2)c2ccc(-c3cccc4c3oc3ccccc34)cc2)cc1. The van der Waals surface area contributed by atoms with Crippen molar-refractivity contribution in [3.8, 4) is 27.9 Å². The fraction of sp³-hybridized carbons (Fsp3) is 0. The molecule has 0 aliphatic carbocycles. The molecule has 2 heterocycles. The molecule has 0 unspecified atom stereocenters. The summed E-state index contributed by atoms with van der Waals surface area (Å²) in [5, 5.41) is 7.33. The second kappa shape index (κ2) is 12.6. The molecule has 2 aromatic heterocycles. The molecule has 0 saturated carbocycles. The van der Waals surface area contributed by atoms with Crippen molar-refractivity contribution in [3.63, 3.8) is 0 Å². The number of aromatic nitrogens is 1. The van der Waals surface area contributed by atoms with Crippen molar-refractivity contribution in [2.45, 2.75) is 0 Å². The van der Waals surface area contributed by atoms with Crippen LogP contribution >= 0.6 is 0 Å². The van der Waals surface area contributed by atoms with Gasteiger partial charge in [-0.1, -0.05) is 133 Å². The van der Waals surface area contributed by atoms with Gasteiger partial charge in [0.05, 0.1) is 11.0 Å². The van der Waals surface area contributed by atoms with Crippen molar-refractivity contribution in [3.05, 3.63) is 206 Å². The number of hydrogen-bond acceptors (Lipinski definition) is 2. The third kappa shape index (κ3) is 5.20. The van der Waals surface area contributed by atoms with Crippen LogP contribution in [-0.2, 0) is 0 Å². The molecule has 11 aromatic rings. The second-order valence-corrected chi connectivity index (χ2v) is 14.2. The summed E-state index contributed by atoms with van der Waals surface area (Å²) < 4.78 is 8.76. The third-order valence-corrected chi connectivity index (χ3v) is 11.0. The van der Waals surface area contributed by atoms with Gasteiger partial charge in [0.25, 0.3) is 0 Å². The van der Waals surface area contributed by atoms with E-state index < -0.39 is 0 Å². The van der Waals surface area contributed by atoms with Crippen molar-refractivity contribution in [1.82, 2.24) is 4.57 Å². The predicted molar refractivity (Wildman–Crippen MR) is 231 cm³/mol. The van der Waals surface area contributed by atoms with Gasteiger partial charge in [0.1, 0.15) is 11.2 Å². The molecule has 55 heavy (non-hydrogen) atoms. The minimum Gasteiger partial charge on any atom is -0.455 e. The highest BCUT2D eigenvalue weighted by Crippen LogP contribution is 2.40. The average Bonchev–Trinajstić information content (AvgIpc) is 3.79. The molecule has 0 spiro atoms. The van der Waals surface area contributed by atoms with Gasteiger partial charge in [0.15, 0.2) is 0 Å². The van der Waals surface area contributed by atoms with Crippen LogP contribution in [0.5, 0.6) is 0 Å². The maximum absolute atomic E-state index is 6.36. The van der Waals surface area contributed by atoms with E-state index in [-0.39, 0.29) is 0 Å². The van der Waals surface area contributed by atoms with E-state index in [4.69, 9.17) is 4.42 Å². The lowest BCUT2D eigenvalue weighted by Gasteiger charge is -2.26. The van der Waals surface area contributed by atoms with Gasteiger partial charge in [-0.3, -0.25) is 0 Å². The number of rotatable bonds is 6. The maximum Gasteiger partial charge on any atom is 0.143 e. The van der Waals surface area contributed by atoms with Crippen LogP contribution in [0.1, 0.15) is 0 Å². The zero-order valence-corrected chi connectivity index (χ0v) is 29.9. The number of benzene rings is 9. The molecular weight excluding hydrogens is 669 g/mol. The lowest BCUT2D eigenvalue weighted by molar-refractivity contribution is 0.670. The molecule has 0 bridgehead atoms. The van der Waals surface area contributed by atoms with Crippen LogP contribution < -0.4 is 4.90 Å². The zero-order valence-electron chi connectivity index (χ0n) is 29.9. The van der Waals surface area contributed by atoms with Gasteiger partial charge in [-0.25, -0.2) is 0 Å². The molecule has 0 aliphatic rings. The van der Waals surface area contributed by atoms with E-state index in [0.717, 1.165) is 55.8 Å². The summed E-state index contributed by atoms with van der Waals surface area (Å²) in [5.74, 6) is 0. The normalized spacial score (nSPS) is 11.6. The maximum atomic E-state index is 6.36. The molecular formula is C52H34N2O. The van der Waals surface area contributed by atoms with E-state index >= 15 is 0 Å². The topological polar surface area (TPSA) is 21.3 Å². The van der Waals surface area contributed by atoms with Gasteiger partial charge < -0.3 is 13.9 Å². The standard InChI is InChI=1S/C52H34N2O/c1-2-13-40(14-3-1)53(42-31-25-37(26-32-42)44-17-10-18-47-46-16-7-9-20-51(46)55-52(44)47)41-27-21-35(22-28-41)36-23-29-43(30-24-36)54-49-19-8-6-15-45(49)48-33-38-11-4-5-12-39(38)34-50(48)54/h1-34H. The van der Waals surface area contributed by atoms with Crippen LogP contribution in [-0.4, -0.2) is 4.57 Å². The number of anilines is 3. The van der Waals surface area contributed by atoms with Gasteiger partial charge in [-0.15, -0.1) is 0 Å². The molecule has 3 heteroatoms. The van der Waals surface area contributed by atoms with Gasteiger partial charge in [-0.2, -0.15) is 0 Å². The summed E-state index contributed by atoms with van der Waals surface area (Å²) in [6.45, 7) is 0. The fourth-order valence-corrected chi connectivity index (χ4v) is 8.33. The van der Waals surface area contributed by atoms with Gasteiger partial charge in [0, 0.05) is 49.9 Å². The molecule has 0 saturated heterocycles. The second-order valence-electron chi connectivity index (χ2n) is 14.2. The van der Waals surface area contributed by atoms with E-state index in [1.54, 1.807) is 0 Å². The Bertz CT molecular complexity index is 3170. The van der Waals surface area contributed by atoms with E-state index in [0.29, 0.717) is 0 Å². The highest BCUT2D eigenvalue weighted by atomic mass is 16.3. The summed E-state index contributed by atoms with van der Waals surface area (Å²) in [4.78, 5) is 2.31. The van der Waals surface area contributed by atoms with E-state index in [2.05, 4.69) is 204 Å². The summed E-state index contributed by atoms with van der Waals surface area (Å²) in [5.41, 5.74) is 13.3. The quantitative estimate of drug-likeness (QED) is 0.172. The van der Waals surface area contributed by atoms with Gasteiger partial charge in [0.2, 0.25) is 0 Å². The Labute approximate surface area is 318 Å². The predicted octanol–water partition coefficient (Wildman–Crippen LogP) is 14.6. The first kappa shape index (κ1) is 31.2. The summed E-state index contributed by atoms with van der Waals surface area (Å²) >= 11 is 0. The smallest absolute Gasteiger partial charge is 0.143 e. The molecule has 0 amide bonds. The molecule has 9 aromatic carbocycles. The molecule has 3 nitrogen and oxygen atoms in total. The molecule has 0 fully saturated rings. The summed E-state index contributed by atoms with van der Waals surface area (Å²) in [6, 6.07) is 73.8. The van der Waals surface area contributed by atoms with Crippen molar-refractivity contribution >= 4 is 71.6 Å². The number of fused-ring (bicyclic) bond motifs is 7. The van der Waals surface area contributed by atoms with Crippen molar-refractivity contribution in [1.29, 1.82) is 0 Å². The van der Waals surface area contributed by atoms with Crippen LogP contribution in [0.15, 0.2) is 211 Å². The zero-order chi connectivity index (χ0) is 36.3. The molecule has 0 aliphatic heterocycles. The Kier molecular flexibility index (Phi) is 7.17. The Morgan fingerprint density at radius 1 is 0.364 bits per heavy atom. The molecule has 0 atom stereocenters. The minimum absolute atomic E-state index is 0.910. The monoisotopic (exact) mass is 702 g/mol. The van der Waals surface area contributed by atoms with Crippen LogP contribution in [0.3, 0.4) is 0 Å². The Morgan fingerprint density at radius 2 is 0.927 bits per heavy atom. The van der Waals surface area contributed by atoms with Gasteiger partial charge >= 0.3 is 0 Å². The van der Waals surface area contributed by atoms with Crippen molar-refractivity contribution in [2.24, 2.45) is 0 Å². The molecule has 0 N–H and O–H groups in total. The molecule has 11 rings (SSSR count). The van der Waals surface area contributed by atoms with Crippen LogP contribution in [0.4, 0.5) is 17.1 Å². The number of hydrogen-bond donors (Lipinski definition) is 0. The van der Waals surface area contributed by atoms with Gasteiger partial charge in [-0.05, 0) is 100 Å². The first-order valence-electron chi connectivity index (χ1n) is 18.8. The average molecular weight is 703 g/mol. The fourth-order valence-electron chi connectivity index (χ4n) is 8.33. The number of furan rings is 1. The van der Waals surface area contributed by atoms with Crippen LogP contribution in [0, 0.1) is 0 Å². The summed E-state index contributed by atoms with van der Waals surface area (Å²) in [7, 11) is 0. The van der Waals surface area contributed by atoms with E-state index in [1.165, 1.54) is 43.7 Å². The Hall–Kier alpha value is -7.36. The first-order chi connectivity index (χ1) is 27.3. The van der Waals surface area contributed by atoms with E-state index in [1.807, 2.05) is 12.1 Å². The first-order valence-corrected chi connectivity index (χ1v) is 18.8. The Balaban J connectivity index is 0.929. The lowest BCUT2D eigenvalue weighted by atomic mass is 10.0. The highest BCUT2D eigenvalue weighted by molar-refractivity contribution is 6.14. The third-order valence-electron chi connectivity index (χ3n) is 11.0.